The Bertz CT molecular complexity index is 709. The van der Waals surface area contributed by atoms with E-state index in [0.29, 0.717) is 6.04 Å². The number of halogens is 1. The van der Waals surface area contributed by atoms with Crippen molar-refractivity contribution in [1.29, 1.82) is 0 Å². The lowest BCUT2D eigenvalue weighted by molar-refractivity contribution is 0.198. The first-order valence-electron chi connectivity index (χ1n) is 9.52. The third kappa shape index (κ3) is 6.81. The molecule has 1 aliphatic heterocycles. The number of aryl methyl sites for hydroxylation is 1. The Labute approximate surface area is 180 Å². The van der Waals surface area contributed by atoms with Gasteiger partial charge in [-0.25, -0.2) is 0 Å². The number of hydrogen-bond acceptors (Lipinski definition) is 2. The average Bonchev–Trinajstić information content (AvgIpc) is 2.68. The van der Waals surface area contributed by atoms with Crippen LogP contribution < -0.4 is 10.6 Å². The number of benzene rings is 2. The molecule has 4 nitrogen and oxygen atoms in total. The van der Waals surface area contributed by atoms with Crippen LogP contribution in [0.1, 0.15) is 29.5 Å². The van der Waals surface area contributed by atoms with E-state index >= 15 is 0 Å². The molecule has 2 aromatic carbocycles. The van der Waals surface area contributed by atoms with Crippen LogP contribution in [0.25, 0.3) is 0 Å². The van der Waals surface area contributed by atoms with Gasteiger partial charge in [-0.1, -0.05) is 54.6 Å². The highest BCUT2D eigenvalue weighted by Crippen LogP contribution is 2.14. The van der Waals surface area contributed by atoms with Crippen LogP contribution in [-0.4, -0.2) is 37.0 Å². The normalized spacial score (nSPS) is 15.9. The first kappa shape index (κ1) is 21.7. The highest BCUT2D eigenvalue weighted by atomic mass is 127. The SMILES string of the molecule is CN=C(NCc1ccccc1C)NC1CCN(Cc2ccccc2)CC1.I. The summed E-state index contributed by atoms with van der Waals surface area (Å²) < 4.78 is 0. The summed E-state index contributed by atoms with van der Waals surface area (Å²) in [5.41, 5.74) is 4.02. The number of nitrogens with zero attached hydrogens (tertiary/aromatic N) is 2. The number of likely N-dealkylation sites (tertiary alicyclic amines) is 1. The van der Waals surface area contributed by atoms with Crippen molar-refractivity contribution in [3.05, 3.63) is 71.3 Å². The van der Waals surface area contributed by atoms with Gasteiger partial charge < -0.3 is 10.6 Å². The lowest BCUT2D eigenvalue weighted by atomic mass is 10.0. The second-order valence-electron chi connectivity index (χ2n) is 7.03. The van der Waals surface area contributed by atoms with Gasteiger partial charge in [0.1, 0.15) is 0 Å². The standard InChI is InChI=1S/C22H30N4.HI/c1-18-8-6-7-11-20(18)16-24-22(23-2)25-21-12-14-26(15-13-21)17-19-9-4-3-5-10-19;/h3-11,21H,12-17H2,1-2H3,(H2,23,24,25);1H. The van der Waals surface area contributed by atoms with E-state index in [1.54, 1.807) is 0 Å². The molecule has 0 bridgehead atoms. The van der Waals surface area contributed by atoms with Gasteiger partial charge in [0.2, 0.25) is 0 Å². The molecule has 1 aliphatic rings. The molecule has 0 aromatic heterocycles. The van der Waals surface area contributed by atoms with Crippen LogP contribution in [0.3, 0.4) is 0 Å². The average molecular weight is 478 g/mol. The molecule has 0 spiro atoms. The predicted molar refractivity (Wildman–Crippen MR) is 125 cm³/mol. The molecule has 5 heteroatoms. The first-order chi connectivity index (χ1) is 12.7. The zero-order chi connectivity index (χ0) is 18.2. The zero-order valence-electron chi connectivity index (χ0n) is 16.3. The molecule has 1 heterocycles. The minimum Gasteiger partial charge on any atom is -0.354 e. The van der Waals surface area contributed by atoms with Crippen LogP contribution in [0.4, 0.5) is 0 Å². The molecule has 2 aromatic rings. The Kier molecular flexibility index (Phi) is 9.07. The first-order valence-corrected chi connectivity index (χ1v) is 9.52. The van der Waals surface area contributed by atoms with Crippen LogP contribution in [0.15, 0.2) is 59.6 Å². The van der Waals surface area contributed by atoms with Gasteiger partial charge in [0.15, 0.2) is 5.96 Å². The lowest BCUT2D eigenvalue weighted by Crippen LogP contribution is -2.48. The fourth-order valence-electron chi connectivity index (χ4n) is 3.45. The quantitative estimate of drug-likeness (QED) is 0.389. The molecule has 1 saturated heterocycles. The molecule has 0 atom stereocenters. The van der Waals surface area contributed by atoms with E-state index in [0.717, 1.165) is 45.0 Å². The van der Waals surface area contributed by atoms with Crippen molar-refractivity contribution >= 4 is 29.9 Å². The molecule has 0 radical (unpaired) electrons. The van der Waals surface area contributed by atoms with Crippen molar-refractivity contribution in [1.82, 2.24) is 15.5 Å². The summed E-state index contributed by atoms with van der Waals surface area (Å²) in [4.78, 5) is 6.93. The van der Waals surface area contributed by atoms with Crippen molar-refractivity contribution < 1.29 is 0 Å². The third-order valence-electron chi connectivity index (χ3n) is 5.11. The topological polar surface area (TPSA) is 39.7 Å². The van der Waals surface area contributed by atoms with Gasteiger partial charge in [-0.15, -0.1) is 24.0 Å². The summed E-state index contributed by atoms with van der Waals surface area (Å²) >= 11 is 0. The number of guanidine groups is 1. The molecule has 27 heavy (non-hydrogen) atoms. The second-order valence-corrected chi connectivity index (χ2v) is 7.03. The number of hydrogen-bond donors (Lipinski definition) is 2. The van der Waals surface area contributed by atoms with E-state index in [1.807, 2.05) is 7.05 Å². The summed E-state index contributed by atoms with van der Waals surface area (Å²) in [7, 11) is 1.84. The Balaban J connectivity index is 0.00000261. The maximum Gasteiger partial charge on any atom is 0.191 e. The second kappa shape index (κ2) is 11.3. The van der Waals surface area contributed by atoms with Gasteiger partial charge in [0.05, 0.1) is 0 Å². The molecule has 1 fully saturated rings. The summed E-state index contributed by atoms with van der Waals surface area (Å²) in [5, 5.41) is 7.04. The molecular formula is C22H31IN4. The Morgan fingerprint density at radius 1 is 1.04 bits per heavy atom. The number of rotatable bonds is 5. The monoisotopic (exact) mass is 478 g/mol. The van der Waals surface area contributed by atoms with Crippen LogP contribution >= 0.6 is 24.0 Å². The van der Waals surface area contributed by atoms with Crippen LogP contribution in [0, 0.1) is 6.92 Å². The molecule has 0 saturated carbocycles. The van der Waals surface area contributed by atoms with Gasteiger partial charge in [0.25, 0.3) is 0 Å². The van der Waals surface area contributed by atoms with Gasteiger partial charge in [-0.2, -0.15) is 0 Å². The minimum absolute atomic E-state index is 0. The summed E-state index contributed by atoms with van der Waals surface area (Å²) in [6.45, 7) is 6.26. The van der Waals surface area contributed by atoms with Gasteiger partial charge in [-0.05, 0) is 36.5 Å². The fraction of sp³-hybridized carbons (Fsp3) is 0.409. The van der Waals surface area contributed by atoms with E-state index in [1.165, 1.54) is 16.7 Å². The number of nitrogens with one attached hydrogen (secondary N) is 2. The van der Waals surface area contributed by atoms with Gasteiger partial charge in [-0.3, -0.25) is 9.89 Å². The molecule has 0 amide bonds. The van der Waals surface area contributed by atoms with Crippen molar-refractivity contribution in [3.63, 3.8) is 0 Å². The maximum absolute atomic E-state index is 4.39. The van der Waals surface area contributed by atoms with Crippen molar-refractivity contribution in [2.75, 3.05) is 20.1 Å². The van der Waals surface area contributed by atoms with E-state index < -0.39 is 0 Å². The van der Waals surface area contributed by atoms with E-state index in [-0.39, 0.29) is 24.0 Å². The molecule has 0 aliphatic carbocycles. The molecule has 0 unspecified atom stereocenters. The van der Waals surface area contributed by atoms with Crippen LogP contribution in [0.5, 0.6) is 0 Å². The molecule has 146 valence electrons. The number of aliphatic imine (C=N–C) groups is 1. The highest BCUT2D eigenvalue weighted by Gasteiger charge is 2.20. The summed E-state index contributed by atoms with van der Waals surface area (Å²) in [5.74, 6) is 0.898. The van der Waals surface area contributed by atoms with Crippen molar-refractivity contribution in [2.24, 2.45) is 4.99 Å². The minimum atomic E-state index is 0. The maximum atomic E-state index is 4.39. The Morgan fingerprint density at radius 2 is 1.70 bits per heavy atom. The highest BCUT2D eigenvalue weighted by molar-refractivity contribution is 14.0. The lowest BCUT2D eigenvalue weighted by Gasteiger charge is -2.33. The van der Waals surface area contributed by atoms with Gasteiger partial charge in [0, 0.05) is 39.3 Å². The predicted octanol–water partition coefficient (Wildman–Crippen LogP) is 3.94. The summed E-state index contributed by atoms with van der Waals surface area (Å²) in [6.07, 6.45) is 2.30. The molecular weight excluding hydrogens is 447 g/mol. The van der Waals surface area contributed by atoms with Crippen LogP contribution in [0.2, 0.25) is 0 Å². The zero-order valence-corrected chi connectivity index (χ0v) is 18.6. The van der Waals surface area contributed by atoms with E-state index in [2.05, 4.69) is 82.0 Å². The van der Waals surface area contributed by atoms with E-state index in [9.17, 15) is 0 Å². The largest absolute Gasteiger partial charge is 0.354 e. The molecule has 3 rings (SSSR count). The van der Waals surface area contributed by atoms with E-state index in [4.69, 9.17) is 0 Å². The Hall–Kier alpha value is -1.60. The number of piperidine rings is 1. The van der Waals surface area contributed by atoms with Gasteiger partial charge >= 0.3 is 0 Å². The molecule has 2 N–H and O–H groups in total. The van der Waals surface area contributed by atoms with Crippen LogP contribution in [-0.2, 0) is 13.1 Å². The fourth-order valence-corrected chi connectivity index (χ4v) is 3.45. The van der Waals surface area contributed by atoms with Crippen molar-refractivity contribution in [2.45, 2.75) is 38.9 Å². The third-order valence-corrected chi connectivity index (χ3v) is 5.11. The summed E-state index contributed by atoms with van der Waals surface area (Å²) in [6, 6.07) is 19.7. The smallest absolute Gasteiger partial charge is 0.191 e. The Morgan fingerprint density at radius 3 is 2.37 bits per heavy atom. The van der Waals surface area contributed by atoms with Crippen molar-refractivity contribution in [3.8, 4) is 0 Å².